The Labute approximate surface area is 169 Å². The summed E-state index contributed by atoms with van der Waals surface area (Å²) < 4.78 is 0. The van der Waals surface area contributed by atoms with Gasteiger partial charge >= 0.3 is 0 Å². The predicted molar refractivity (Wildman–Crippen MR) is 109 cm³/mol. The minimum Gasteiger partial charge on any atom is -0.342 e. The molecule has 3 heterocycles. The zero-order valence-corrected chi connectivity index (χ0v) is 16.2. The minimum absolute atomic E-state index is 0.147. The van der Waals surface area contributed by atoms with Crippen LogP contribution in [0.1, 0.15) is 30.0 Å². The van der Waals surface area contributed by atoms with E-state index in [-0.39, 0.29) is 11.8 Å². The largest absolute Gasteiger partial charge is 0.342 e. The standard InChI is InChI=1S/C22H21ClN4O/c23-19-7-5-16(6-8-19)13-21(28)27-12-2-4-18(15-27)20-9-11-25-22(26-20)17-3-1-10-24-14-17/h1,3,5-11,14,18H,2,4,12-13,15H2/t18-/m1/s1. The molecular weight excluding hydrogens is 372 g/mol. The maximum Gasteiger partial charge on any atom is 0.227 e. The Morgan fingerprint density at radius 1 is 1.14 bits per heavy atom. The van der Waals surface area contributed by atoms with Crippen molar-refractivity contribution < 1.29 is 4.79 Å². The molecule has 1 fully saturated rings. The molecule has 2 aromatic heterocycles. The van der Waals surface area contributed by atoms with Crippen LogP contribution in [0.5, 0.6) is 0 Å². The van der Waals surface area contributed by atoms with Gasteiger partial charge in [-0.25, -0.2) is 9.97 Å². The molecule has 0 radical (unpaired) electrons. The highest BCUT2D eigenvalue weighted by atomic mass is 35.5. The van der Waals surface area contributed by atoms with Crippen molar-refractivity contribution in [1.29, 1.82) is 0 Å². The molecule has 1 amide bonds. The van der Waals surface area contributed by atoms with Gasteiger partial charge < -0.3 is 4.90 Å². The smallest absolute Gasteiger partial charge is 0.227 e. The van der Waals surface area contributed by atoms with Gasteiger partial charge in [0.15, 0.2) is 5.82 Å². The highest BCUT2D eigenvalue weighted by Crippen LogP contribution is 2.27. The van der Waals surface area contributed by atoms with Gasteiger partial charge in [-0.1, -0.05) is 23.7 Å². The van der Waals surface area contributed by atoms with Crippen LogP contribution in [0.3, 0.4) is 0 Å². The van der Waals surface area contributed by atoms with E-state index in [1.165, 1.54) is 0 Å². The summed E-state index contributed by atoms with van der Waals surface area (Å²) in [7, 11) is 0. The van der Waals surface area contributed by atoms with Gasteiger partial charge in [-0.2, -0.15) is 0 Å². The minimum atomic E-state index is 0.147. The van der Waals surface area contributed by atoms with Crippen LogP contribution in [0.15, 0.2) is 61.1 Å². The SMILES string of the molecule is O=C(Cc1ccc(Cl)cc1)N1CCC[C@@H](c2ccnc(-c3cccnc3)n2)C1. The first-order chi connectivity index (χ1) is 13.7. The van der Waals surface area contributed by atoms with Gasteiger partial charge in [-0.15, -0.1) is 0 Å². The molecule has 0 saturated carbocycles. The Bertz CT molecular complexity index is 946. The second kappa shape index (κ2) is 8.48. The van der Waals surface area contributed by atoms with E-state index in [4.69, 9.17) is 16.6 Å². The quantitative estimate of drug-likeness (QED) is 0.669. The number of aromatic nitrogens is 3. The lowest BCUT2D eigenvalue weighted by Gasteiger charge is -2.32. The molecule has 0 bridgehead atoms. The Kier molecular flexibility index (Phi) is 5.63. The van der Waals surface area contributed by atoms with E-state index in [9.17, 15) is 4.79 Å². The zero-order valence-electron chi connectivity index (χ0n) is 15.5. The Morgan fingerprint density at radius 2 is 2.00 bits per heavy atom. The molecule has 1 atom stereocenters. The highest BCUT2D eigenvalue weighted by Gasteiger charge is 2.26. The fraction of sp³-hybridized carbons (Fsp3) is 0.273. The summed E-state index contributed by atoms with van der Waals surface area (Å²) in [6.45, 7) is 1.49. The number of hydrogen-bond acceptors (Lipinski definition) is 4. The molecule has 6 heteroatoms. The fourth-order valence-electron chi connectivity index (χ4n) is 3.57. The van der Waals surface area contributed by atoms with Crippen LogP contribution in [-0.4, -0.2) is 38.8 Å². The summed E-state index contributed by atoms with van der Waals surface area (Å²) in [6, 6.07) is 13.3. The van der Waals surface area contributed by atoms with Gasteiger partial charge in [0, 0.05) is 53.9 Å². The van der Waals surface area contributed by atoms with Crippen LogP contribution in [0, 0.1) is 0 Å². The number of hydrogen-bond donors (Lipinski definition) is 0. The second-order valence-electron chi connectivity index (χ2n) is 7.03. The Balaban J connectivity index is 1.46. The summed E-state index contributed by atoms with van der Waals surface area (Å²) in [4.78, 5) is 28.0. The van der Waals surface area contributed by atoms with Crippen molar-refractivity contribution in [2.75, 3.05) is 13.1 Å². The number of nitrogens with zero attached hydrogens (tertiary/aromatic N) is 4. The Morgan fingerprint density at radius 3 is 2.79 bits per heavy atom. The van der Waals surface area contributed by atoms with Crippen molar-refractivity contribution >= 4 is 17.5 Å². The number of carbonyl (C=O) groups excluding carboxylic acids is 1. The van der Waals surface area contributed by atoms with E-state index in [1.807, 2.05) is 47.4 Å². The molecule has 4 rings (SSSR count). The number of amides is 1. The molecule has 1 aliphatic heterocycles. The normalized spacial score (nSPS) is 16.8. The number of likely N-dealkylation sites (tertiary alicyclic amines) is 1. The molecule has 0 aliphatic carbocycles. The lowest BCUT2D eigenvalue weighted by atomic mass is 9.94. The predicted octanol–water partition coefficient (Wildman–Crippen LogP) is 4.14. The lowest BCUT2D eigenvalue weighted by Crippen LogP contribution is -2.40. The van der Waals surface area contributed by atoms with Gasteiger partial charge in [0.1, 0.15) is 0 Å². The topological polar surface area (TPSA) is 59.0 Å². The number of benzene rings is 1. The first-order valence-corrected chi connectivity index (χ1v) is 9.82. The molecule has 0 unspecified atom stereocenters. The molecule has 1 saturated heterocycles. The second-order valence-corrected chi connectivity index (χ2v) is 7.47. The summed E-state index contributed by atoms with van der Waals surface area (Å²) in [6.07, 6.45) is 7.69. The highest BCUT2D eigenvalue weighted by molar-refractivity contribution is 6.30. The van der Waals surface area contributed by atoms with Crippen LogP contribution >= 0.6 is 11.6 Å². The van der Waals surface area contributed by atoms with E-state index >= 15 is 0 Å². The van der Waals surface area contributed by atoms with Crippen molar-refractivity contribution in [3.63, 3.8) is 0 Å². The van der Waals surface area contributed by atoms with Crippen molar-refractivity contribution in [3.05, 3.63) is 77.3 Å². The molecule has 3 aromatic rings. The van der Waals surface area contributed by atoms with E-state index in [0.29, 0.717) is 23.8 Å². The molecular formula is C22H21ClN4O. The van der Waals surface area contributed by atoms with Crippen LogP contribution in [0.2, 0.25) is 5.02 Å². The molecule has 28 heavy (non-hydrogen) atoms. The maximum absolute atomic E-state index is 12.8. The summed E-state index contributed by atoms with van der Waals surface area (Å²) in [5, 5.41) is 0.683. The third-order valence-electron chi connectivity index (χ3n) is 5.06. The van der Waals surface area contributed by atoms with Crippen molar-refractivity contribution in [2.24, 2.45) is 0 Å². The molecule has 5 nitrogen and oxygen atoms in total. The zero-order chi connectivity index (χ0) is 19.3. The molecule has 142 valence electrons. The van der Waals surface area contributed by atoms with Gasteiger partial charge in [-0.05, 0) is 48.7 Å². The number of piperidine rings is 1. The first-order valence-electron chi connectivity index (χ1n) is 9.44. The van der Waals surface area contributed by atoms with E-state index in [1.54, 1.807) is 18.6 Å². The number of carbonyl (C=O) groups is 1. The average molecular weight is 393 g/mol. The molecule has 1 aromatic carbocycles. The van der Waals surface area contributed by atoms with Crippen LogP contribution in [0.4, 0.5) is 0 Å². The molecule has 0 spiro atoms. The van der Waals surface area contributed by atoms with Gasteiger partial charge in [-0.3, -0.25) is 9.78 Å². The number of pyridine rings is 1. The third-order valence-corrected chi connectivity index (χ3v) is 5.31. The van der Waals surface area contributed by atoms with E-state index in [0.717, 1.165) is 36.2 Å². The summed E-state index contributed by atoms with van der Waals surface area (Å²) in [5.74, 6) is 1.05. The van der Waals surface area contributed by atoms with Gasteiger partial charge in [0.05, 0.1) is 6.42 Å². The number of halogens is 1. The van der Waals surface area contributed by atoms with Crippen molar-refractivity contribution in [1.82, 2.24) is 19.9 Å². The average Bonchev–Trinajstić information content (AvgIpc) is 2.76. The first kappa shape index (κ1) is 18.6. The van der Waals surface area contributed by atoms with Crippen molar-refractivity contribution in [3.8, 4) is 11.4 Å². The molecule has 0 N–H and O–H groups in total. The monoisotopic (exact) mass is 392 g/mol. The maximum atomic E-state index is 12.8. The van der Waals surface area contributed by atoms with Crippen LogP contribution < -0.4 is 0 Å². The van der Waals surface area contributed by atoms with Crippen LogP contribution in [0.25, 0.3) is 11.4 Å². The fourth-order valence-corrected chi connectivity index (χ4v) is 3.69. The lowest BCUT2D eigenvalue weighted by molar-refractivity contribution is -0.131. The number of rotatable bonds is 4. The van der Waals surface area contributed by atoms with E-state index < -0.39 is 0 Å². The summed E-state index contributed by atoms with van der Waals surface area (Å²) in [5.41, 5.74) is 2.87. The third kappa shape index (κ3) is 4.37. The molecule has 1 aliphatic rings. The van der Waals surface area contributed by atoms with Crippen molar-refractivity contribution in [2.45, 2.75) is 25.2 Å². The summed E-state index contributed by atoms with van der Waals surface area (Å²) >= 11 is 5.93. The van der Waals surface area contributed by atoms with Crippen LogP contribution in [-0.2, 0) is 11.2 Å². The van der Waals surface area contributed by atoms with Gasteiger partial charge in [0.2, 0.25) is 5.91 Å². The van der Waals surface area contributed by atoms with Gasteiger partial charge in [0.25, 0.3) is 0 Å². The Hall–Kier alpha value is -2.79. The van der Waals surface area contributed by atoms with E-state index in [2.05, 4.69) is 9.97 Å².